The molecule has 1 saturated carbocycles. The van der Waals surface area contributed by atoms with Gasteiger partial charge in [-0.05, 0) is 36.8 Å². The van der Waals surface area contributed by atoms with Crippen molar-refractivity contribution in [1.82, 2.24) is 25.0 Å². The fourth-order valence-electron chi connectivity index (χ4n) is 5.12. The Morgan fingerprint density at radius 2 is 2.00 bits per heavy atom. The Morgan fingerprint density at radius 1 is 1.13 bits per heavy atom. The number of hydrogen-bond acceptors (Lipinski definition) is 5. The van der Waals surface area contributed by atoms with E-state index in [9.17, 15) is 9.59 Å². The van der Waals surface area contributed by atoms with Crippen molar-refractivity contribution in [2.45, 2.75) is 32.4 Å². The van der Waals surface area contributed by atoms with Crippen LogP contribution in [0.25, 0.3) is 0 Å². The second-order valence-electron chi connectivity index (χ2n) is 8.53. The van der Waals surface area contributed by atoms with Gasteiger partial charge < -0.3 is 19.5 Å². The normalized spacial score (nSPS) is 24.0. The first-order valence-corrected chi connectivity index (χ1v) is 10.9. The zero-order valence-corrected chi connectivity index (χ0v) is 17.7. The molecule has 1 aromatic heterocycles. The molecule has 1 fully saturated rings. The van der Waals surface area contributed by atoms with Crippen LogP contribution in [-0.2, 0) is 24.3 Å². The molecule has 2 aliphatic carbocycles. The standard InChI is InChI=1S/C23H27N5O3/c1-31-19-5-3-2-4-17(19)22(29)24-14-21-26-25-20-8-9-27(10-11-28(20)21)23(30)18-13-15-6-7-16(18)12-15/h2-7,15-16,18H,8-14H2,1H3,(H,24,29)/t15-,16+,18+/m1/s1. The molecule has 3 atom stereocenters. The highest BCUT2D eigenvalue weighted by atomic mass is 16.5. The number of para-hydroxylation sites is 1. The van der Waals surface area contributed by atoms with Crippen LogP contribution >= 0.6 is 0 Å². The number of carbonyl (C=O) groups excluding carboxylic acids is 2. The van der Waals surface area contributed by atoms with Gasteiger partial charge in [0.2, 0.25) is 5.91 Å². The molecule has 8 nitrogen and oxygen atoms in total. The second-order valence-corrected chi connectivity index (χ2v) is 8.53. The van der Waals surface area contributed by atoms with Crippen molar-refractivity contribution in [1.29, 1.82) is 0 Å². The summed E-state index contributed by atoms with van der Waals surface area (Å²) in [6.45, 7) is 2.23. The van der Waals surface area contributed by atoms with Crippen LogP contribution in [0.4, 0.5) is 0 Å². The van der Waals surface area contributed by atoms with Crippen LogP contribution in [0.5, 0.6) is 5.75 Å². The molecule has 5 rings (SSSR count). The summed E-state index contributed by atoms with van der Waals surface area (Å²) in [4.78, 5) is 27.7. The summed E-state index contributed by atoms with van der Waals surface area (Å²) < 4.78 is 7.31. The molecule has 0 unspecified atom stereocenters. The molecule has 8 heteroatoms. The van der Waals surface area contributed by atoms with Crippen molar-refractivity contribution in [3.63, 3.8) is 0 Å². The largest absolute Gasteiger partial charge is 0.496 e. The average Bonchev–Trinajstić information content (AvgIpc) is 3.50. The average molecular weight is 422 g/mol. The second kappa shape index (κ2) is 8.17. The summed E-state index contributed by atoms with van der Waals surface area (Å²) in [5.74, 6) is 3.30. The zero-order chi connectivity index (χ0) is 21.4. The molecular formula is C23H27N5O3. The molecule has 2 bridgehead atoms. The SMILES string of the molecule is COc1ccccc1C(=O)NCc1nnc2n1CCN(C(=O)[C@H]1C[C@@H]3C=C[C@H]1C3)CC2. The first kappa shape index (κ1) is 19.8. The Morgan fingerprint density at radius 3 is 2.77 bits per heavy atom. The van der Waals surface area contributed by atoms with Crippen molar-refractivity contribution < 1.29 is 14.3 Å². The number of allylic oxidation sites excluding steroid dienone is 2. The van der Waals surface area contributed by atoms with Gasteiger partial charge in [0.05, 0.1) is 19.2 Å². The van der Waals surface area contributed by atoms with E-state index in [-0.39, 0.29) is 24.3 Å². The van der Waals surface area contributed by atoms with Crippen molar-refractivity contribution in [3.05, 3.63) is 53.6 Å². The lowest BCUT2D eigenvalue weighted by Gasteiger charge is -2.26. The van der Waals surface area contributed by atoms with E-state index in [1.165, 1.54) is 0 Å². The van der Waals surface area contributed by atoms with Crippen molar-refractivity contribution in [2.75, 3.05) is 20.2 Å². The van der Waals surface area contributed by atoms with Gasteiger partial charge in [0, 0.05) is 32.0 Å². The first-order chi connectivity index (χ1) is 15.1. The molecule has 3 aliphatic rings. The Labute approximate surface area is 181 Å². The highest BCUT2D eigenvalue weighted by Gasteiger charge is 2.41. The van der Waals surface area contributed by atoms with Crippen LogP contribution in [0.2, 0.25) is 0 Å². The minimum absolute atomic E-state index is 0.137. The molecular weight excluding hydrogens is 394 g/mol. The summed E-state index contributed by atoms with van der Waals surface area (Å²) in [5, 5.41) is 11.5. The van der Waals surface area contributed by atoms with Crippen molar-refractivity contribution in [2.24, 2.45) is 17.8 Å². The van der Waals surface area contributed by atoms with Gasteiger partial charge >= 0.3 is 0 Å². The minimum Gasteiger partial charge on any atom is -0.496 e. The Hall–Kier alpha value is -3.16. The topological polar surface area (TPSA) is 89.3 Å². The van der Waals surface area contributed by atoms with E-state index in [1.807, 2.05) is 15.5 Å². The van der Waals surface area contributed by atoms with Gasteiger partial charge in [-0.1, -0.05) is 24.3 Å². The molecule has 31 heavy (non-hydrogen) atoms. The monoisotopic (exact) mass is 421 g/mol. The molecule has 0 saturated heterocycles. The van der Waals surface area contributed by atoms with Crippen LogP contribution in [-0.4, -0.2) is 51.7 Å². The summed E-state index contributed by atoms with van der Waals surface area (Å²) in [5.41, 5.74) is 0.484. The molecule has 162 valence electrons. The third-order valence-corrected chi connectivity index (χ3v) is 6.77. The molecule has 1 aliphatic heterocycles. The summed E-state index contributed by atoms with van der Waals surface area (Å²) in [6.07, 6.45) is 7.29. The highest BCUT2D eigenvalue weighted by molar-refractivity contribution is 5.96. The number of rotatable bonds is 5. The summed E-state index contributed by atoms with van der Waals surface area (Å²) in [6, 6.07) is 7.12. The van der Waals surface area contributed by atoms with E-state index in [2.05, 4.69) is 27.7 Å². The van der Waals surface area contributed by atoms with Crippen LogP contribution in [0.15, 0.2) is 36.4 Å². The van der Waals surface area contributed by atoms with Gasteiger partial charge in [-0.25, -0.2) is 0 Å². The van der Waals surface area contributed by atoms with E-state index in [1.54, 1.807) is 25.3 Å². The van der Waals surface area contributed by atoms with Gasteiger partial charge in [0.25, 0.3) is 5.91 Å². The number of nitrogens with zero attached hydrogens (tertiary/aromatic N) is 4. The number of amides is 2. The summed E-state index contributed by atoms with van der Waals surface area (Å²) in [7, 11) is 1.55. The predicted molar refractivity (Wildman–Crippen MR) is 113 cm³/mol. The van der Waals surface area contributed by atoms with Crippen LogP contribution in [0.1, 0.15) is 34.8 Å². The lowest BCUT2D eigenvalue weighted by atomic mass is 9.92. The number of hydrogen-bond donors (Lipinski definition) is 1. The van der Waals surface area contributed by atoms with E-state index >= 15 is 0 Å². The number of aromatic nitrogens is 3. The Balaban J connectivity index is 1.22. The van der Waals surface area contributed by atoms with Gasteiger partial charge in [-0.3, -0.25) is 9.59 Å². The van der Waals surface area contributed by atoms with E-state index < -0.39 is 0 Å². The number of carbonyl (C=O) groups is 2. The van der Waals surface area contributed by atoms with Gasteiger partial charge in [0.15, 0.2) is 5.82 Å². The number of fused-ring (bicyclic) bond motifs is 3. The number of ether oxygens (including phenoxy) is 1. The smallest absolute Gasteiger partial charge is 0.255 e. The molecule has 1 N–H and O–H groups in total. The third kappa shape index (κ3) is 3.71. The molecule has 0 radical (unpaired) electrons. The van der Waals surface area contributed by atoms with Gasteiger partial charge in [-0.2, -0.15) is 0 Å². The fraction of sp³-hybridized carbons (Fsp3) is 0.478. The third-order valence-electron chi connectivity index (χ3n) is 6.77. The van der Waals surface area contributed by atoms with Crippen LogP contribution in [0.3, 0.4) is 0 Å². The quantitative estimate of drug-likeness (QED) is 0.744. The molecule has 0 spiro atoms. The molecule has 2 aromatic rings. The first-order valence-electron chi connectivity index (χ1n) is 10.9. The Kier molecular flexibility index (Phi) is 5.21. The van der Waals surface area contributed by atoms with Crippen LogP contribution < -0.4 is 10.1 Å². The molecule has 2 amide bonds. The maximum atomic E-state index is 13.1. The highest BCUT2D eigenvalue weighted by Crippen LogP contribution is 2.44. The fourth-order valence-corrected chi connectivity index (χ4v) is 5.12. The van der Waals surface area contributed by atoms with Gasteiger partial charge in [0.1, 0.15) is 11.6 Å². The molecule has 1 aromatic carbocycles. The van der Waals surface area contributed by atoms with E-state index in [4.69, 9.17) is 4.74 Å². The predicted octanol–water partition coefficient (Wildman–Crippen LogP) is 1.81. The van der Waals surface area contributed by atoms with Crippen molar-refractivity contribution in [3.8, 4) is 5.75 Å². The van der Waals surface area contributed by atoms with E-state index in [0.717, 1.165) is 18.7 Å². The molecule has 2 heterocycles. The van der Waals surface area contributed by atoms with Crippen molar-refractivity contribution >= 4 is 11.8 Å². The van der Waals surface area contributed by atoms with Gasteiger partial charge in [-0.15, -0.1) is 10.2 Å². The van der Waals surface area contributed by atoms with E-state index in [0.29, 0.717) is 55.0 Å². The lowest BCUT2D eigenvalue weighted by molar-refractivity contribution is -0.136. The maximum absolute atomic E-state index is 13.1. The summed E-state index contributed by atoms with van der Waals surface area (Å²) >= 11 is 0. The zero-order valence-electron chi connectivity index (χ0n) is 17.7. The number of nitrogens with one attached hydrogen (secondary N) is 1. The van der Waals surface area contributed by atoms with Crippen LogP contribution in [0, 0.1) is 17.8 Å². The number of methoxy groups -OCH3 is 1. The minimum atomic E-state index is -0.218. The Bertz CT molecular complexity index is 1030. The maximum Gasteiger partial charge on any atom is 0.255 e. The number of benzene rings is 1. The lowest BCUT2D eigenvalue weighted by Crippen LogP contribution is -2.39.